The first-order valence-electron chi connectivity index (χ1n) is 5.71. The van der Waals surface area contributed by atoms with Gasteiger partial charge in [0.15, 0.2) is 0 Å². The minimum atomic E-state index is -0.686. The zero-order chi connectivity index (χ0) is 12.8. The summed E-state index contributed by atoms with van der Waals surface area (Å²) in [5, 5.41) is 0. The van der Waals surface area contributed by atoms with Crippen molar-refractivity contribution in [1.82, 2.24) is 4.98 Å². The Morgan fingerprint density at radius 2 is 1.71 bits per heavy atom. The standard InChI is InChI=1S/C12H17BFNO2/c1-8-10(9(14)6-7-15-8)13-16-11(2,3)12(4,5)17-13/h6-7H,1-5H3. The Balaban J connectivity index is 2.39. The van der Waals surface area contributed by atoms with E-state index in [0.717, 1.165) is 0 Å². The summed E-state index contributed by atoms with van der Waals surface area (Å²) < 4.78 is 25.4. The molecular weight excluding hydrogens is 220 g/mol. The molecule has 17 heavy (non-hydrogen) atoms. The fraction of sp³-hybridized carbons (Fsp3) is 0.583. The van der Waals surface area contributed by atoms with Crippen molar-refractivity contribution in [3.63, 3.8) is 0 Å². The topological polar surface area (TPSA) is 31.4 Å². The number of halogens is 1. The van der Waals surface area contributed by atoms with E-state index in [2.05, 4.69) is 4.98 Å². The van der Waals surface area contributed by atoms with Crippen molar-refractivity contribution >= 4 is 12.6 Å². The molecule has 1 aliphatic rings. The first-order valence-corrected chi connectivity index (χ1v) is 5.71. The number of aromatic nitrogens is 1. The first-order chi connectivity index (χ1) is 7.74. The predicted molar refractivity (Wildman–Crippen MR) is 64.6 cm³/mol. The first kappa shape index (κ1) is 12.5. The molecule has 0 atom stereocenters. The normalized spacial score (nSPS) is 21.9. The van der Waals surface area contributed by atoms with Crippen molar-refractivity contribution < 1.29 is 13.7 Å². The highest BCUT2D eigenvalue weighted by Crippen LogP contribution is 2.36. The Morgan fingerprint density at radius 3 is 2.18 bits per heavy atom. The number of pyridine rings is 1. The fourth-order valence-electron chi connectivity index (χ4n) is 1.79. The summed E-state index contributed by atoms with van der Waals surface area (Å²) in [5.41, 5.74) is 0.0633. The minimum Gasteiger partial charge on any atom is -0.399 e. The number of rotatable bonds is 1. The van der Waals surface area contributed by atoms with Crippen LogP contribution in [0.25, 0.3) is 0 Å². The summed E-state index contributed by atoms with van der Waals surface area (Å²) in [6, 6.07) is 1.33. The van der Waals surface area contributed by atoms with E-state index >= 15 is 0 Å². The van der Waals surface area contributed by atoms with Gasteiger partial charge >= 0.3 is 7.12 Å². The van der Waals surface area contributed by atoms with Crippen molar-refractivity contribution in [2.45, 2.75) is 45.8 Å². The molecule has 0 aromatic carbocycles. The van der Waals surface area contributed by atoms with Crippen LogP contribution < -0.4 is 5.46 Å². The van der Waals surface area contributed by atoms with Gasteiger partial charge in [-0.1, -0.05) is 0 Å². The van der Waals surface area contributed by atoms with Gasteiger partial charge in [-0.3, -0.25) is 4.98 Å². The van der Waals surface area contributed by atoms with Crippen molar-refractivity contribution in [2.75, 3.05) is 0 Å². The highest BCUT2D eigenvalue weighted by Gasteiger charge is 2.52. The molecule has 2 rings (SSSR count). The van der Waals surface area contributed by atoms with Gasteiger partial charge in [0.25, 0.3) is 0 Å². The Hall–Kier alpha value is -0.935. The maximum atomic E-state index is 13.8. The van der Waals surface area contributed by atoms with Crippen LogP contribution in [0, 0.1) is 12.7 Å². The third kappa shape index (κ3) is 1.98. The fourth-order valence-corrected chi connectivity index (χ4v) is 1.79. The lowest BCUT2D eigenvalue weighted by Crippen LogP contribution is -2.41. The Morgan fingerprint density at radius 1 is 1.18 bits per heavy atom. The zero-order valence-corrected chi connectivity index (χ0v) is 10.9. The number of nitrogens with zero attached hydrogens (tertiary/aromatic N) is 1. The molecule has 0 saturated carbocycles. The lowest BCUT2D eigenvalue weighted by Gasteiger charge is -2.32. The van der Waals surface area contributed by atoms with Crippen molar-refractivity contribution in [1.29, 1.82) is 0 Å². The smallest absolute Gasteiger partial charge is 0.399 e. The van der Waals surface area contributed by atoms with Gasteiger partial charge < -0.3 is 9.31 Å². The molecule has 1 aromatic heterocycles. The molecule has 5 heteroatoms. The van der Waals surface area contributed by atoms with Crippen LogP contribution >= 0.6 is 0 Å². The molecule has 1 saturated heterocycles. The second-order valence-electron chi connectivity index (χ2n) is 5.38. The van der Waals surface area contributed by atoms with Crippen LogP contribution in [0.3, 0.4) is 0 Å². The summed E-state index contributed by atoms with van der Waals surface area (Å²) in [6.07, 6.45) is 1.44. The number of hydrogen-bond acceptors (Lipinski definition) is 3. The molecule has 0 aliphatic carbocycles. The molecule has 1 fully saturated rings. The summed E-state index contributed by atoms with van der Waals surface area (Å²) in [5.74, 6) is -0.337. The molecule has 1 aromatic rings. The van der Waals surface area contributed by atoms with E-state index in [0.29, 0.717) is 11.2 Å². The molecular formula is C12H17BFNO2. The maximum absolute atomic E-state index is 13.8. The number of hydrogen-bond donors (Lipinski definition) is 0. The predicted octanol–water partition coefficient (Wildman–Crippen LogP) is 1.83. The second-order valence-corrected chi connectivity index (χ2v) is 5.38. The van der Waals surface area contributed by atoms with Crippen LogP contribution in [0.4, 0.5) is 4.39 Å². The van der Waals surface area contributed by atoms with E-state index in [1.54, 1.807) is 6.92 Å². The van der Waals surface area contributed by atoms with Crippen LogP contribution in [0.5, 0.6) is 0 Å². The Labute approximate surface area is 101 Å². The van der Waals surface area contributed by atoms with E-state index in [4.69, 9.17) is 9.31 Å². The highest BCUT2D eigenvalue weighted by molar-refractivity contribution is 6.62. The number of aryl methyl sites for hydroxylation is 1. The van der Waals surface area contributed by atoms with Gasteiger partial charge in [0.05, 0.1) is 11.2 Å². The van der Waals surface area contributed by atoms with Crippen LogP contribution in [0.15, 0.2) is 12.3 Å². The average molecular weight is 237 g/mol. The minimum absolute atomic E-state index is 0.337. The van der Waals surface area contributed by atoms with E-state index in [1.165, 1.54) is 12.3 Å². The molecule has 0 N–H and O–H groups in total. The Kier molecular flexibility index (Phi) is 2.79. The van der Waals surface area contributed by atoms with Gasteiger partial charge in [0.2, 0.25) is 0 Å². The molecule has 2 heterocycles. The third-order valence-electron chi connectivity index (χ3n) is 3.63. The van der Waals surface area contributed by atoms with E-state index in [-0.39, 0.29) is 5.82 Å². The van der Waals surface area contributed by atoms with Crippen molar-refractivity contribution in [2.24, 2.45) is 0 Å². The summed E-state index contributed by atoms with van der Waals surface area (Å²) in [6.45, 7) is 9.52. The molecule has 92 valence electrons. The van der Waals surface area contributed by atoms with Gasteiger partial charge in [-0.15, -0.1) is 0 Å². The highest BCUT2D eigenvalue weighted by atomic mass is 19.1. The largest absolute Gasteiger partial charge is 0.499 e. The van der Waals surface area contributed by atoms with E-state index < -0.39 is 18.3 Å². The van der Waals surface area contributed by atoms with Gasteiger partial charge in [0.1, 0.15) is 5.82 Å². The maximum Gasteiger partial charge on any atom is 0.499 e. The summed E-state index contributed by atoms with van der Waals surface area (Å²) >= 11 is 0. The molecule has 0 unspecified atom stereocenters. The lowest BCUT2D eigenvalue weighted by molar-refractivity contribution is 0.00578. The molecule has 0 spiro atoms. The van der Waals surface area contributed by atoms with Crippen LogP contribution in [0.1, 0.15) is 33.4 Å². The van der Waals surface area contributed by atoms with Gasteiger partial charge in [-0.25, -0.2) is 4.39 Å². The SMILES string of the molecule is Cc1nccc(F)c1B1OC(C)(C)C(C)(C)O1. The van der Waals surface area contributed by atoms with Crippen LogP contribution in [-0.4, -0.2) is 23.3 Å². The average Bonchev–Trinajstić information content (AvgIpc) is 2.35. The van der Waals surface area contributed by atoms with E-state index in [1.807, 2.05) is 27.7 Å². The molecule has 0 bridgehead atoms. The van der Waals surface area contributed by atoms with Gasteiger partial charge in [-0.05, 0) is 40.7 Å². The van der Waals surface area contributed by atoms with Crippen LogP contribution in [0.2, 0.25) is 0 Å². The van der Waals surface area contributed by atoms with Crippen LogP contribution in [-0.2, 0) is 9.31 Å². The quantitative estimate of drug-likeness (QED) is 0.698. The summed E-state index contributed by atoms with van der Waals surface area (Å²) in [7, 11) is -0.686. The van der Waals surface area contributed by atoms with Gasteiger partial charge in [-0.2, -0.15) is 0 Å². The molecule has 3 nitrogen and oxygen atoms in total. The van der Waals surface area contributed by atoms with E-state index in [9.17, 15) is 4.39 Å². The summed E-state index contributed by atoms with van der Waals surface area (Å²) in [4.78, 5) is 4.08. The van der Waals surface area contributed by atoms with Crippen molar-refractivity contribution in [3.05, 3.63) is 23.8 Å². The Bertz CT molecular complexity index is 412. The third-order valence-corrected chi connectivity index (χ3v) is 3.63. The van der Waals surface area contributed by atoms with Gasteiger partial charge in [0, 0.05) is 17.4 Å². The molecule has 0 amide bonds. The molecule has 1 aliphatic heterocycles. The van der Waals surface area contributed by atoms with Crippen molar-refractivity contribution in [3.8, 4) is 0 Å². The lowest BCUT2D eigenvalue weighted by atomic mass is 9.77. The second kappa shape index (κ2) is 3.78. The monoisotopic (exact) mass is 237 g/mol. The zero-order valence-electron chi connectivity index (χ0n) is 10.9. The molecule has 0 radical (unpaired) electrons.